The Hall–Kier alpha value is -2.77. The maximum atomic E-state index is 13.0. The zero-order valence-corrected chi connectivity index (χ0v) is 17.0. The fourth-order valence-corrected chi connectivity index (χ4v) is 4.11. The number of alkyl halides is 3. The molecule has 4 rings (SSSR count). The van der Waals surface area contributed by atoms with Crippen LogP contribution in [0.25, 0.3) is 10.9 Å². The number of aromatic nitrogens is 1. The van der Waals surface area contributed by atoms with Crippen LogP contribution >= 0.6 is 23.4 Å². The first-order valence-corrected chi connectivity index (χ1v) is 10.3. The minimum absolute atomic E-state index is 0.140. The van der Waals surface area contributed by atoms with Gasteiger partial charge in [-0.1, -0.05) is 48.0 Å². The molecule has 1 aromatic heterocycles. The fraction of sp³-hybridized carbons (Fsp3) is 0.0909. The van der Waals surface area contributed by atoms with Crippen LogP contribution in [0.1, 0.15) is 11.1 Å². The molecule has 0 aliphatic heterocycles. The first kappa shape index (κ1) is 20.5. The summed E-state index contributed by atoms with van der Waals surface area (Å²) in [4.78, 5) is 3.32. The van der Waals surface area contributed by atoms with Crippen molar-refractivity contribution in [2.24, 2.45) is 10.2 Å². The highest BCUT2D eigenvalue weighted by Crippen LogP contribution is 2.39. The van der Waals surface area contributed by atoms with Crippen molar-refractivity contribution in [3.05, 3.63) is 88.9 Å². The zero-order chi connectivity index (χ0) is 21.1. The second-order valence-corrected chi connectivity index (χ2v) is 7.94. The molecule has 0 amide bonds. The van der Waals surface area contributed by atoms with Gasteiger partial charge in [-0.15, -0.1) is 16.9 Å². The van der Waals surface area contributed by atoms with Crippen LogP contribution in [0.5, 0.6) is 0 Å². The summed E-state index contributed by atoms with van der Waals surface area (Å²) in [5.74, 6) is 0.652. The molecule has 0 saturated carbocycles. The van der Waals surface area contributed by atoms with Crippen molar-refractivity contribution >= 4 is 45.6 Å². The molecule has 0 fully saturated rings. The van der Waals surface area contributed by atoms with E-state index in [9.17, 15) is 13.2 Å². The van der Waals surface area contributed by atoms with Gasteiger partial charge in [0.25, 0.3) is 0 Å². The highest BCUT2D eigenvalue weighted by atomic mass is 35.5. The van der Waals surface area contributed by atoms with E-state index in [0.29, 0.717) is 16.5 Å². The summed E-state index contributed by atoms with van der Waals surface area (Å²) in [6, 6.07) is 20.0. The normalized spacial score (nSPS) is 12.1. The average molecular weight is 446 g/mol. The van der Waals surface area contributed by atoms with Gasteiger partial charge in [0.1, 0.15) is 10.7 Å². The number of aromatic amines is 1. The predicted molar refractivity (Wildman–Crippen MR) is 115 cm³/mol. The highest BCUT2D eigenvalue weighted by molar-refractivity contribution is 7.98. The maximum Gasteiger partial charge on any atom is 0.416 e. The van der Waals surface area contributed by atoms with Crippen molar-refractivity contribution in [2.45, 2.75) is 17.0 Å². The molecule has 0 atom stereocenters. The molecule has 30 heavy (non-hydrogen) atoms. The van der Waals surface area contributed by atoms with E-state index in [0.717, 1.165) is 33.6 Å². The Labute approximate surface area is 180 Å². The summed E-state index contributed by atoms with van der Waals surface area (Å²) in [7, 11) is 0. The summed E-state index contributed by atoms with van der Waals surface area (Å²) in [6.07, 6.45) is -4.43. The third-order valence-corrected chi connectivity index (χ3v) is 5.65. The van der Waals surface area contributed by atoms with Crippen molar-refractivity contribution < 1.29 is 13.2 Å². The topological polar surface area (TPSA) is 40.5 Å². The van der Waals surface area contributed by atoms with Crippen molar-refractivity contribution in [1.82, 2.24) is 4.98 Å². The Morgan fingerprint density at radius 2 is 1.70 bits per heavy atom. The van der Waals surface area contributed by atoms with E-state index in [1.807, 2.05) is 48.5 Å². The van der Waals surface area contributed by atoms with Crippen molar-refractivity contribution in [3.8, 4) is 0 Å². The minimum atomic E-state index is -4.43. The van der Waals surface area contributed by atoms with Crippen LogP contribution in [0.4, 0.5) is 24.5 Å². The van der Waals surface area contributed by atoms with E-state index in [4.69, 9.17) is 11.6 Å². The fourth-order valence-electron chi connectivity index (χ4n) is 2.94. The van der Waals surface area contributed by atoms with E-state index in [1.165, 1.54) is 23.9 Å². The molecule has 0 aliphatic carbocycles. The molecule has 0 spiro atoms. The third-order valence-electron chi connectivity index (χ3n) is 4.36. The Bertz CT molecular complexity index is 1220. The number of nitrogens with one attached hydrogen (secondary N) is 1. The smallest absolute Gasteiger partial charge is 0.348 e. The van der Waals surface area contributed by atoms with Gasteiger partial charge in [0, 0.05) is 21.7 Å². The molecule has 0 aliphatic rings. The lowest BCUT2D eigenvalue weighted by Crippen LogP contribution is -2.03. The quantitative estimate of drug-likeness (QED) is 0.242. The van der Waals surface area contributed by atoms with Crippen LogP contribution in [0, 0.1) is 0 Å². The summed E-state index contributed by atoms with van der Waals surface area (Å²) in [5, 5.41) is 10.7. The number of H-pyrrole nitrogens is 1. The van der Waals surface area contributed by atoms with Crippen LogP contribution in [-0.4, -0.2) is 4.98 Å². The summed E-state index contributed by atoms with van der Waals surface area (Å²) >= 11 is 7.58. The van der Waals surface area contributed by atoms with E-state index >= 15 is 0 Å². The molecule has 8 heteroatoms. The van der Waals surface area contributed by atoms with Crippen LogP contribution in [0.15, 0.2) is 88.1 Å². The standard InChI is InChI=1S/C22H15ClF3N3S/c23-16-7-3-5-14(11-16)13-30-21-20(18-9-1-2-10-19(18)27-21)29-28-17-8-4-6-15(12-17)22(24,25)26/h1-12,27H,13H2. The van der Waals surface area contributed by atoms with Crippen LogP contribution in [0.2, 0.25) is 5.02 Å². The monoisotopic (exact) mass is 445 g/mol. The van der Waals surface area contributed by atoms with E-state index < -0.39 is 11.7 Å². The molecule has 1 heterocycles. The number of azo groups is 1. The van der Waals surface area contributed by atoms with Gasteiger partial charge in [0.05, 0.1) is 11.3 Å². The number of rotatable bonds is 5. The number of fused-ring (bicyclic) bond motifs is 1. The molecule has 0 radical (unpaired) electrons. The Balaban J connectivity index is 1.66. The van der Waals surface area contributed by atoms with E-state index in [-0.39, 0.29) is 5.69 Å². The Morgan fingerprint density at radius 3 is 2.50 bits per heavy atom. The molecule has 3 aromatic carbocycles. The molecule has 0 unspecified atom stereocenters. The van der Waals surface area contributed by atoms with Crippen LogP contribution < -0.4 is 0 Å². The van der Waals surface area contributed by atoms with E-state index in [2.05, 4.69) is 15.2 Å². The molecule has 152 valence electrons. The first-order chi connectivity index (χ1) is 14.4. The Kier molecular flexibility index (Phi) is 5.83. The van der Waals surface area contributed by atoms with Gasteiger partial charge < -0.3 is 4.98 Å². The lowest BCUT2D eigenvalue weighted by Gasteiger charge is -2.06. The SMILES string of the molecule is FC(F)(F)c1cccc(N=Nc2c(SCc3cccc(Cl)c3)[nH]c3ccccc23)c1. The number of halogens is 4. The summed E-state index contributed by atoms with van der Waals surface area (Å²) in [6.45, 7) is 0. The Morgan fingerprint density at radius 1 is 0.900 bits per heavy atom. The van der Waals surface area contributed by atoms with Gasteiger partial charge in [0.2, 0.25) is 0 Å². The highest BCUT2D eigenvalue weighted by Gasteiger charge is 2.30. The van der Waals surface area contributed by atoms with Gasteiger partial charge in [-0.25, -0.2) is 0 Å². The zero-order valence-electron chi connectivity index (χ0n) is 15.4. The molecule has 3 nitrogen and oxygen atoms in total. The van der Waals surface area contributed by atoms with Crippen molar-refractivity contribution in [1.29, 1.82) is 0 Å². The van der Waals surface area contributed by atoms with Gasteiger partial charge in [-0.05, 0) is 42.0 Å². The summed E-state index contributed by atoms with van der Waals surface area (Å²) in [5.41, 5.74) is 1.90. The second kappa shape index (κ2) is 8.53. The molecular formula is C22H15ClF3N3S. The average Bonchev–Trinajstić information content (AvgIpc) is 3.08. The minimum Gasteiger partial charge on any atom is -0.348 e. The van der Waals surface area contributed by atoms with Gasteiger partial charge in [0.15, 0.2) is 0 Å². The number of para-hydroxylation sites is 1. The summed E-state index contributed by atoms with van der Waals surface area (Å²) < 4.78 is 38.9. The maximum absolute atomic E-state index is 13.0. The molecule has 1 N–H and O–H groups in total. The number of hydrogen-bond acceptors (Lipinski definition) is 3. The van der Waals surface area contributed by atoms with Gasteiger partial charge in [-0.3, -0.25) is 0 Å². The molecular weight excluding hydrogens is 431 g/mol. The predicted octanol–water partition coefficient (Wildman–Crippen LogP) is 8.55. The second-order valence-electron chi connectivity index (χ2n) is 6.51. The number of hydrogen-bond donors (Lipinski definition) is 1. The molecule has 0 saturated heterocycles. The molecule has 0 bridgehead atoms. The first-order valence-electron chi connectivity index (χ1n) is 8.97. The van der Waals surface area contributed by atoms with Crippen molar-refractivity contribution in [3.63, 3.8) is 0 Å². The lowest BCUT2D eigenvalue weighted by atomic mass is 10.2. The van der Waals surface area contributed by atoms with E-state index in [1.54, 1.807) is 0 Å². The van der Waals surface area contributed by atoms with Crippen molar-refractivity contribution in [2.75, 3.05) is 0 Å². The third kappa shape index (κ3) is 4.68. The van der Waals surface area contributed by atoms with Crippen LogP contribution in [0.3, 0.4) is 0 Å². The van der Waals surface area contributed by atoms with Crippen LogP contribution in [-0.2, 0) is 11.9 Å². The largest absolute Gasteiger partial charge is 0.416 e. The van der Waals surface area contributed by atoms with Gasteiger partial charge >= 0.3 is 6.18 Å². The number of nitrogens with zero attached hydrogens (tertiary/aromatic N) is 2. The number of thioether (sulfide) groups is 1. The lowest BCUT2D eigenvalue weighted by molar-refractivity contribution is -0.137. The molecule has 4 aromatic rings. The number of benzene rings is 3. The van der Waals surface area contributed by atoms with Gasteiger partial charge in [-0.2, -0.15) is 18.3 Å².